The van der Waals surface area contributed by atoms with Crippen molar-refractivity contribution in [1.82, 2.24) is 14.8 Å². The van der Waals surface area contributed by atoms with Gasteiger partial charge in [-0.25, -0.2) is 9.78 Å². The van der Waals surface area contributed by atoms with Crippen LogP contribution < -0.4 is 5.32 Å². The first kappa shape index (κ1) is 9.91. The number of carbonyl (C=O) groups is 2. The van der Waals surface area contributed by atoms with Crippen molar-refractivity contribution in [2.75, 3.05) is 25.6 Å². The fourth-order valence-electron chi connectivity index (χ4n) is 1.26. The van der Waals surface area contributed by atoms with Crippen LogP contribution in [-0.2, 0) is 4.79 Å². The molecule has 15 heavy (non-hydrogen) atoms. The van der Waals surface area contributed by atoms with Crippen molar-refractivity contribution in [3.8, 4) is 0 Å². The third kappa shape index (κ3) is 2.07. The topological polar surface area (TPSA) is 65.5 Å². The minimum atomic E-state index is -0.289. The molecule has 1 N–H and O–H groups in total. The Morgan fingerprint density at radius 3 is 3.00 bits per heavy atom. The van der Waals surface area contributed by atoms with E-state index in [1.165, 1.54) is 21.1 Å². The molecular formula is C8H10N4O2S. The molecule has 0 aliphatic carbocycles. The second-order valence-corrected chi connectivity index (χ2v) is 4.09. The summed E-state index contributed by atoms with van der Waals surface area (Å²) in [7, 11) is 1.67. The average Bonchev–Trinajstić information content (AvgIpc) is 2.78. The average molecular weight is 226 g/mol. The summed E-state index contributed by atoms with van der Waals surface area (Å²) in [4.78, 5) is 29.7. The highest BCUT2D eigenvalue weighted by atomic mass is 32.1. The molecule has 1 fully saturated rings. The molecule has 7 heteroatoms. The Labute approximate surface area is 90.5 Å². The summed E-state index contributed by atoms with van der Waals surface area (Å²) in [5.41, 5.74) is 0. The van der Waals surface area contributed by atoms with Crippen molar-refractivity contribution >= 4 is 28.4 Å². The highest BCUT2D eigenvalue weighted by Gasteiger charge is 2.28. The van der Waals surface area contributed by atoms with Gasteiger partial charge in [0.25, 0.3) is 0 Å². The summed E-state index contributed by atoms with van der Waals surface area (Å²) in [5.74, 6) is -0.0516. The number of thiazole rings is 1. The molecule has 1 aromatic heterocycles. The van der Waals surface area contributed by atoms with Crippen LogP contribution in [0.5, 0.6) is 0 Å². The van der Waals surface area contributed by atoms with Crippen molar-refractivity contribution in [1.29, 1.82) is 0 Å². The van der Waals surface area contributed by atoms with Gasteiger partial charge in [0.2, 0.25) is 5.91 Å². The van der Waals surface area contributed by atoms with Crippen LogP contribution in [0.3, 0.4) is 0 Å². The van der Waals surface area contributed by atoms with Crippen LogP contribution in [0.4, 0.5) is 9.93 Å². The van der Waals surface area contributed by atoms with Crippen LogP contribution in [0.1, 0.15) is 0 Å². The molecular weight excluding hydrogens is 216 g/mol. The van der Waals surface area contributed by atoms with Crippen molar-refractivity contribution in [3.05, 3.63) is 11.6 Å². The Kier molecular flexibility index (Phi) is 2.55. The molecule has 0 bridgehead atoms. The predicted octanol–water partition coefficient (Wildman–Crippen LogP) is 0.406. The van der Waals surface area contributed by atoms with Gasteiger partial charge in [0.15, 0.2) is 5.13 Å². The van der Waals surface area contributed by atoms with E-state index < -0.39 is 0 Å². The first-order valence-corrected chi connectivity index (χ1v) is 5.24. The second kappa shape index (κ2) is 3.85. The Morgan fingerprint density at radius 2 is 2.47 bits per heavy atom. The lowest BCUT2D eigenvalue weighted by Crippen LogP contribution is -2.34. The van der Waals surface area contributed by atoms with E-state index in [4.69, 9.17) is 0 Å². The molecule has 1 aliphatic rings. The van der Waals surface area contributed by atoms with E-state index in [2.05, 4.69) is 10.3 Å². The number of hydrogen-bond acceptors (Lipinski definition) is 4. The second-order valence-electron chi connectivity index (χ2n) is 3.20. The summed E-state index contributed by atoms with van der Waals surface area (Å²) in [6.07, 6.45) is 1.61. The molecule has 3 amide bonds. The Bertz CT molecular complexity index is 378. The van der Waals surface area contributed by atoms with Crippen LogP contribution in [0, 0.1) is 0 Å². The van der Waals surface area contributed by atoms with E-state index in [0.717, 1.165) is 0 Å². The fourth-order valence-corrected chi connectivity index (χ4v) is 1.78. The molecule has 1 saturated heterocycles. The summed E-state index contributed by atoms with van der Waals surface area (Å²) < 4.78 is 0. The maximum absolute atomic E-state index is 11.6. The standard InChI is InChI=1S/C8H10N4O2S/c1-11-5-12(4-6(11)13)8(14)10-7-9-2-3-15-7/h2-3H,4-5H2,1H3,(H,9,10,14). The monoisotopic (exact) mass is 226 g/mol. The number of aromatic nitrogens is 1. The lowest BCUT2D eigenvalue weighted by Gasteiger charge is -2.14. The van der Waals surface area contributed by atoms with Gasteiger partial charge in [-0.1, -0.05) is 0 Å². The Morgan fingerprint density at radius 1 is 1.67 bits per heavy atom. The molecule has 0 radical (unpaired) electrons. The van der Waals surface area contributed by atoms with Crippen molar-refractivity contribution in [2.45, 2.75) is 0 Å². The van der Waals surface area contributed by atoms with Gasteiger partial charge in [0.1, 0.15) is 6.54 Å². The van der Waals surface area contributed by atoms with E-state index in [9.17, 15) is 9.59 Å². The fraction of sp³-hybridized carbons (Fsp3) is 0.375. The minimum Gasteiger partial charge on any atom is -0.326 e. The number of carbonyl (C=O) groups excluding carboxylic acids is 2. The maximum Gasteiger partial charge on any atom is 0.325 e. The molecule has 1 aliphatic heterocycles. The van der Waals surface area contributed by atoms with Gasteiger partial charge >= 0.3 is 6.03 Å². The van der Waals surface area contributed by atoms with Crippen molar-refractivity contribution in [2.24, 2.45) is 0 Å². The first-order chi connectivity index (χ1) is 7.16. The van der Waals surface area contributed by atoms with E-state index in [0.29, 0.717) is 11.8 Å². The Balaban J connectivity index is 1.95. The molecule has 2 heterocycles. The predicted molar refractivity (Wildman–Crippen MR) is 55.5 cm³/mol. The Hall–Kier alpha value is -1.63. The first-order valence-electron chi connectivity index (χ1n) is 4.36. The van der Waals surface area contributed by atoms with Crippen LogP contribution >= 0.6 is 11.3 Å². The molecule has 0 spiro atoms. The number of nitrogens with zero attached hydrogens (tertiary/aromatic N) is 3. The summed E-state index contributed by atoms with van der Waals surface area (Å²) >= 11 is 1.34. The van der Waals surface area contributed by atoms with Gasteiger partial charge in [-0.05, 0) is 0 Å². The summed E-state index contributed by atoms with van der Waals surface area (Å²) in [5, 5.41) is 4.94. The number of urea groups is 1. The van der Waals surface area contributed by atoms with E-state index in [1.807, 2.05) is 0 Å². The molecule has 80 valence electrons. The van der Waals surface area contributed by atoms with Crippen LogP contribution in [0.2, 0.25) is 0 Å². The number of anilines is 1. The van der Waals surface area contributed by atoms with Gasteiger partial charge in [0, 0.05) is 18.6 Å². The van der Waals surface area contributed by atoms with Crippen molar-refractivity contribution in [3.63, 3.8) is 0 Å². The summed E-state index contributed by atoms with van der Waals surface area (Å²) in [6.45, 7) is 0.462. The molecule has 1 aromatic rings. The maximum atomic E-state index is 11.6. The van der Waals surface area contributed by atoms with Gasteiger partial charge in [0.05, 0.1) is 6.67 Å². The van der Waals surface area contributed by atoms with E-state index in [1.54, 1.807) is 18.6 Å². The quantitative estimate of drug-likeness (QED) is 0.754. The number of nitrogens with one attached hydrogen (secondary N) is 1. The minimum absolute atomic E-state index is 0.0516. The zero-order valence-corrected chi connectivity index (χ0v) is 8.95. The number of rotatable bonds is 1. The molecule has 2 rings (SSSR count). The molecule has 6 nitrogen and oxygen atoms in total. The third-order valence-corrected chi connectivity index (χ3v) is 2.76. The van der Waals surface area contributed by atoms with Gasteiger partial charge < -0.3 is 4.90 Å². The lowest BCUT2D eigenvalue weighted by molar-refractivity contribution is -0.125. The van der Waals surface area contributed by atoms with Gasteiger partial charge in [-0.15, -0.1) is 11.3 Å². The highest BCUT2D eigenvalue weighted by molar-refractivity contribution is 7.13. The molecule has 0 unspecified atom stereocenters. The summed E-state index contributed by atoms with van der Waals surface area (Å²) in [6, 6.07) is -0.289. The number of likely N-dealkylation sites (N-methyl/N-ethyl adjacent to an activating group) is 1. The van der Waals surface area contributed by atoms with Gasteiger partial charge in [-0.2, -0.15) is 0 Å². The van der Waals surface area contributed by atoms with E-state index >= 15 is 0 Å². The largest absolute Gasteiger partial charge is 0.326 e. The van der Waals surface area contributed by atoms with Crippen LogP contribution in [0.15, 0.2) is 11.6 Å². The highest BCUT2D eigenvalue weighted by Crippen LogP contribution is 2.12. The SMILES string of the molecule is CN1CN(C(=O)Nc2nccs2)CC1=O. The van der Waals surface area contributed by atoms with Crippen molar-refractivity contribution < 1.29 is 9.59 Å². The smallest absolute Gasteiger partial charge is 0.325 e. The molecule has 0 aromatic carbocycles. The van der Waals surface area contributed by atoms with E-state index in [-0.39, 0.29) is 18.5 Å². The lowest BCUT2D eigenvalue weighted by atomic mass is 10.6. The number of hydrogen-bond donors (Lipinski definition) is 1. The van der Waals surface area contributed by atoms with Crippen LogP contribution in [-0.4, -0.2) is 47.0 Å². The zero-order chi connectivity index (χ0) is 10.8. The van der Waals surface area contributed by atoms with Gasteiger partial charge in [-0.3, -0.25) is 15.0 Å². The molecule has 0 atom stereocenters. The molecule has 0 saturated carbocycles. The zero-order valence-electron chi connectivity index (χ0n) is 8.14. The number of amides is 3. The normalized spacial score (nSPS) is 15.9. The third-order valence-electron chi connectivity index (χ3n) is 2.07. The van der Waals surface area contributed by atoms with Crippen LogP contribution in [0.25, 0.3) is 0 Å².